The van der Waals surface area contributed by atoms with E-state index in [4.69, 9.17) is 16.9 Å². The summed E-state index contributed by atoms with van der Waals surface area (Å²) in [4.78, 5) is 12.1. The van der Waals surface area contributed by atoms with Gasteiger partial charge in [0.05, 0.1) is 11.6 Å². The molecule has 0 atom stereocenters. The minimum atomic E-state index is -4.42. The summed E-state index contributed by atoms with van der Waals surface area (Å²) >= 11 is 5.54. The first-order valence-corrected chi connectivity index (χ1v) is 9.72. The van der Waals surface area contributed by atoms with Crippen LogP contribution in [-0.4, -0.2) is 5.91 Å². The number of rotatable bonds is 3. The molecule has 0 radical (unpaired) electrons. The third-order valence-corrected chi connectivity index (χ3v) is 5.04. The predicted molar refractivity (Wildman–Crippen MR) is 106 cm³/mol. The van der Waals surface area contributed by atoms with Crippen LogP contribution in [0.5, 0.6) is 0 Å². The maximum absolute atomic E-state index is 12.9. The van der Waals surface area contributed by atoms with Gasteiger partial charge in [-0.15, -0.1) is 0 Å². The van der Waals surface area contributed by atoms with Gasteiger partial charge >= 0.3 is 6.18 Å². The van der Waals surface area contributed by atoms with E-state index in [1.807, 2.05) is 30.3 Å². The molecule has 2 aromatic carbocycles. The van der Waals surface area contributed by atoms with E-state index in [-0.39, 0.29) is 29.9 Å². The molecule has 0 heterocycles. The van der Waals surface area contributed by atoms with Gasteiger partial charge in [0.15, 0.2) is 0 Å². The molecule has 0 spiro atoms. The molecule has 1 fully saturated rings. The van der Waals surface area contributed by atoms with Gasteiger partial charge in [0.2, 0.25) is 5.91 Å². The fraction of sp³-hybridized carbons (Fsp3) is 0.364. The topological polar surface area (TPSA) is 52.9 Å². The van der Waals surface area contributed by atoms with Crippen molar-refractivity contribution in [3.8, 4) is 6.07 Å². The van der Waals surface area contributed by atoms with Crippen LogP contribution in [0, 0.1) is 23.2 Å². The summed E-state index contributed by atoms with van der Waals surface area (Å²) < 4.78 is 38.6. The molecule has 2 aromatic rings. The van der Waals surface area contributed by atoms with Crippen LogP contribution < -0.4 is 5.32 Å². The second-order valence-corrected chi connectivity index (χ2v) is 7.28. The maximum Gasteiger partial charge on any atom is 0.416 e. The zero-order chi connectivity index (χ0) is 21.3. The highest BCUT2D eigenvalue weighted by Crippen LogP contribution is 2.32. The molecule has 0 aromatic heterocycles. The summed E-state index contributed by atoms with van der Waals surface area (Å²) in [6.45, 7) is -0.132. The second kappa shape index (κ2) is 10.9. The lowest BCUT2D eigenvalue weighted by atomic mass is 9.82. The van der Waals surface area contributed by atoms with Crippen molar-refractivity contribution in [3.05, 3.63) is 70.7 Å². The quantitative estimate of drug-likeness (QED) is 0.660. The van der Waals surface area contributed by atoms with E-state index >= 15 is 0 Å². The zero-order valence-electron chi connectivity index (χ0n) is 15.8. The number of halogens is 4. The Hall–Kier alpha value is -2.52. The van der Waals surface area contributed by atoms with Crippen LogP contribution in [0.25, 0.3) is 0 Å². The lowest BCUT2D eigenvalue weighted by molar-refractivity contribution is -0.138. The molecule has 1 aliphatic rings. The minimum Gasteiger partial charge on any atom is -0.352 e. The molecular formula is C22H22ClF3N2O. The van der Waals surface area contributed by atoms with E-state index < -0.39 is 11.7 Å². The number of nitrogens with zero attached hydrogens (tertiary/aromatic N) is 1. The normalized spacial score (nSPS) is 18.7. The molecule has 0 bridgehead atoms. The molecule has 3 nitrogen and oxygen atoms in total. The molecule has 3 rings (SSSR count). The van der Waals surface area contributed by atoms with Gasteiger partial charge in [0.25, 0.3) is 0 Å². The predicted octanol–water partition coefficient (Wildman–Crippen LogP) is 5.99. The van der Waals surface area contributed by atoms with Gasteiger partial charge in [-0.25, -0.2) is 0 Å². The maximum atomic E-state index is 12.9. The fourth-order valence-electron chi connectivity index (χ4n) is 3.18. The SMILES string of the molecule is Clc1ccccc1.N#CC1CCC(C(=O)NCc2ccccc2C(F)(F)F)CC1. The first-order chi connectivity index (χ1) is 13.8. The largest absolute Gasteiger partial charge is 0.416 e. The van der Waals surface area contributed by atoms with E-state index in [1.54, 1.807) is 0 Å². The Kier molecular flexibility index (Phi) is 8.53. The summed E-state index contributed by atoms with van der Waals surface area (Å²) in [5.41, 5.74) is -0.655. The average Bonchev–Trinajstić information content (AvgIpc) is 2.72. The third-order valence-electron chi connectivity index (χ3n) is 4.79. The van der Waals surface area contributed by atoms with Crippen molar-refractivity contribution in [1.29, 1.82) is 5.26 Å². The van der Waals surface area contributed by atoms with Crippen LogP contribution in [0.1, 0.15) is 36.8 Å². The van der Waals surface area contributed by atoms with Crippen molar-refractivity contribution in [2.75, 3.05) is 0 Å². The molecular weight excluding hydrogens is 401 g/mol. The highest BCUT2D eigenvalue weighted by molar-refractivity contribution is 6.30. The average molecular weight is 423 g/mol. The van der Waals surface area contributed by atoms with Crippen LogP contribution >= 0.6 is 11.6 Å². The van der Waals surface area contributed by atoms with Crippen molar-refractivity contribution in [2.45, 2.75) is 38.4 Å². The van der Waals surface area contributed by atoms with Crippen LogP contribution in [0.3, 0.4) is 0 Å². The molecule has 7 heteroatoms. The number of hydrogen-bond acceptors (Lipinski definition) is 2. The number of amides is 1. The van der Waals surface area contributed by atoms with Crippen molar-refractivity contribution in [3.63, 3.8) is 0 Å². The number of hydrogen-bond donors (Lipinski definition) is 1. The number of benzene rings is 2. The van der Waals surface area contributed by atoms with E-state index in [1.165, 1.54) is 18.2 Å². The Morgan fingerprint density at radius 2 is 1.62 bits per heavy atom. The van der Waals surface area contributed by atoms with Gasteiger partial charge in [-0.05, 0) is 49.4 Å². The van der Waals surface area contributed by atoms with Crippen molar-refractivity contribution < 1.29 is 18.0 Å². The van der Waals surface area contributed by atoms with Crippen LogP contribution in [0.4, 0.5) is 13.2 Å². The lowest BCUT2D eigenvalue weighted by Gasteiger charge is -2.24. The molecule has 0 unspecified atom stereocenters. The first-order valence-electron chi connectivity index (χ1n) is 9.34. The lowest BCUT2D eigenvalue weighted by Crippen LogP contribution is -2.33. The Morgan fingerprint density at radius 1 is 1.03 bits per heavy atom. The monoisotopic (exact) mass is 422 g/mol. The molecule has 1 saturated carbocycles. The van der Waals surface area contributed by atoms with Gasteiger partial charge < -0.3 is 5.32 Å². The second-order valence-electron chi connectivity index (χ2n) is 6.85. The minimum absolute atomic E-state index is 0.00462. The summed E-state index contributed by atoms with van der Waals surface area (Å²) in [6, 6.07) is 16.9. The molecule has 0 aliphatic heterocycles. The standard InChI is InChI=1S/C16H17F3N2O.C6H5Cl/c17-16(18,19)14-4-2-1-3-13(14)10-21-15(22)12-7-5-11(9-20)6-8-12;7-6-4-2-1-3-5-6/h1-4,11-12H,5-8,10H2,(H,21,22);1-5H. The first kappa shape index (κ1) is 22.8. The van der Waals surface area contributed by atoms with Crippen LogP contribution in [0.15, 0.2) is 54.6 Å². The Morgan fingerprint density at radius 3 is 2.14 bits per heavy atom. The van der Waals surface area contributed by atoms with Crippen LogP contribution in [-0.2, 0) is 17.5 Å². The Labute approximate surface area is 173 Å². The molecule has 154 valence electrons. The van der Waals surface area contributed by atoms with Crippen molar-refractivity contribution >= 4 is 17.5 Å². The number of carbonyl (C=O) groups excluding carboxylic acids is 1. The van der Waals surface area contributed by atoms with Crippen molar-refractivity contribution in [2.24, 2.45) is 11.8 Å². The molecule has 0 saturated heterocycles. The fourth-order valence-corrected chi connectivity index (χ4v) is 3.32. The van der Waals surface area contributed by atoms with Gasteiger partial charge in [0, 0.05) is 23.4 Å². The number of nitriles is 1. The van der Waals surface area contributed by atoms with Crippen LogP contribution in [0.2, 0.25) is 5.02 Å². The highest BCUT2D eigenvalue weighted by atomic mass is 35.5. The molecule has 1 N–H and O–H groups in total. The van der Waals surface area contributed by atoms with E-state index in [2.05, 4.69) is 11.4 Å². The molecule has 29 heavy (non-hydrogen) atoms. The van der Waals surface area contributed by atoms with Gasteiger partial charge in [-0.3, -0.25) is 4.79 Å². The Bertz CT molecular complexity index is 826. The Balaban J connectivity index is 0.000000360. The summed E-state index contributed by atoms with van der Waals surface area (Å²) in [7, 11) is 0. The smallest absolute Gasteiger partial charge is 0.352 e. The number of carbonyl (C=O) groups is 1. The van der Waals surface area contributed by atoms with E-state index in [0.29, 0.717) is 25.7 Å². The van der Waals surface area contributed by atoms with Crippen molar-refractivity contribution in [1.82, 2.24) is 5.32 Å². The van der Waals surface area contributed by atoms with Gasteiger partial charge in [0.1, 0.15) is 0 Å². The molecule has 1 amide bonds. The van der Waals surface area contributed by atoms with E-state index in [9.17, 15) is 18.0 Å². The third kappa shape index (κ3) is 7.43. The summed E-state index contributed by atoms with van der Waals surface area (Å²) in [6.07, 6.45) is -1.84. The number of nitrogens with one attached hydrogen (secondary N) is 1. The highest BCUT2D eigenvalue weighted by Gasteiger charge is 2.33. The molecule has 1 aliphatic carbocycles. The summed E-state index contributed by atoms with van der Waals surface area (Å²) in [5.74, 6) is -0.439. The van der Waals surface area contributed by atoms with E-state index in [0.717, 1.165) is 11.1 Å². The number of alkyl halides is 3. The van der Waals surface area contributed by atoms with Gasteiger partial charge in [-0.1, -0.05) is 48.0 Å². The van der Waals surface area contributed by atoms with Gasteiger partial charge in [-0.2, -0.15) is 18.4 Å². The summed E-state index contributed by atoms with van der Waals surface area (Å²) in [5, 5.41) is 12.2. The zero-order valence-corrected chi connectivity index (χ0v) is 16.5.